The van der Waals surface area contributed by atoms with E-state index in [2.05, 4.69) is 10.3 Å². The monoisotopic (exact) mass is 248 g/mol. The van der Waals surface area contributed by atoms with E-state index in [9.17, 15) is 13.2 Å². The van der Waals surface area contributed by atoms with E-state index >= 15 is 0 Å². The van der Waals surface area contributed by atoms with Crippen molar-refractivity contribution in [1.29, 1.82) is 0 Å². The van der Waals surface area contributed by atoms with Gasteiger partial charge in [-0.2, -0.15) is 18.2 Å². The minimum Gasteiger partial charge on any atom is -0.481 e. The molecule has 17 heavy (non-hydrogen) atoms. The zero-order chi connectivity index (χ0) is 12.7. The number of nitrogens with zero attached hydrogens (tertiary/aromatic N) is 1. The summed E-state index contributed by atoms with van der Waals surface area (Å²) in [5, 5.41) is 2.95. The highest BCUT2D eigenvalue weighted by Crippen LogP contribution is 2.22. The Morgan fingerprint density at radius 1 is 1.29 bits per heavy atom. The van der Waals surface area contributed by atoms with Gasteiger partial charge >= 0.3 is 6.18 Å². The Labute approximate surface area is 98.0 Å². The molecular formula is C11H15F3N2O. The predicted molar refractivity (Wildman–Crippen MR) is 59.2 cm³/mol. The van der Waals surface area contributed by atoms with Crippen LogP contribution in [0.15, 0.2) is 18.2 Å². The Morgan fingerprint density at radius 3 is 2.71 bits per heavy atom. The van der Waals surface area contributed by atoms with Crippen LogP contribution in [-0.2, 0) is 0 Å². The van der Waals surface area contributed by atoms with Crippen molar-refractivity contribution in [3.63, 3.8) is 0 Å². The van der Waals surface area contributed by atoms with Gasteiger partial charge in [-0.25, -0.2) is 0 Å². The SMILES string of the molecule is COc1cccc(NCCCCC(F)(F)F)n1. The summed E-state index contributed by atoms with van der Waals surface area (Å²) in [5.74, 6) is 1.08. The van der Waals surface area contributed by atoms with Gasteiger partial charge in [-0.05, 0) is 18.9 Å². The molecule has 0 aromatic carbocycles. The second-order valence-electron chi connectivity index (χ2n) is 3.56. The van der Waals surface area contributed by atoms with E-state index in [-0.39, 0.29) is 6.42 Å². The number of hydrogen-bond acceptors (Lipinski definition) is 3. The van der Waals surface area contributed by atoms with E-state index in [1.165, 1.54) is 7.11 Å². The summed E-state index contributed by atoms with van der Waals surface area (Å²) in [6.45, 7) is 0.468. The summed E-state index contributed by atoms with van der Waals surface area (Å²) in [4.78, 5) is 4.08. The second-order valence-corrected chi connectivity index (χ2v) is 3.56. The van der Waals surface area contributed by atoms with Crippen molar-refractivity contribution < 1.29 is 17.9 Å². The average Bonchev–Trinajstić information content (AvgIpc) is 2.27. The van der Waals surface area contributed by atoms with Gasteiger partial charge in [0.05, 0.1) is 7.11 Å². The lowest BCUT2D eigenvalue weighted by atomic mass is 10.2. The molecule has 0 aliphatic heterocycles. The Hall–Kier alpha value is -1.46. The average molecular weight is 248 g/mol. The number of unbranched alkanes of at least 4 members (excludes halogenated alkanes) is 1. The highest BCUT2D eigenvalue weighted by atomic mass is 19.4. The summed E-state index contributed by atoms with van der Waals surface area (Å²) < 4.78 is 40.5. The molecule has 0 radical (unpaired) electrons. The van der Waals surface area contributed by atoms with Crippen LogP contribution in [0.3, 0.4) is 0 Å². The first-order valence-corrected chi connectivity index (χ1v) is 5.33. The molecule has 0 saturated carbocycles. The topological polar surface area (TPSA) is 34.1 Å². The minimum atomic E-state index is -4.06. The molecule has 0 aliphatic rings. The third-order valence-electron chi connectivity index (χ3n) is 2.13. The number of hydrogen-bond donors (Lipinski definition) is 1. The number of anilines is 1. The molecule has 0 fully saturated rings. The molecule has 0 unspecified atom stereocenters. The minimum absolute atomic E-state index is 0.125. The molecule has 1 heterocycles. The van der Waals surface area contributed by atoms with Crippen molar-refractivity contribution in [2.24, 2.45) is 0 Å². The molecule has 6 heteroatoms. The number of alkyl halides is 3. The maximum Gasteiger partial charge on any atom is 0.389 e. The number of aromatic nitrogens is 1. The highest BCUT2D eigenvalue weighted by Gasteiger charge is 2.25. The van der Waals surface area contributed by atoms with Crippen LogP contribution in [0.4, 0.5) is 19.0 Å². The molecule has 1 aromatic rings. The first kappa shape index (κ1) is 13.6. The van der Waals surface area contributed by atoms with Crippen LogP contribution in [0.5, 0.6) is 5.88 Å². The third-order valence-corrected chi connectivity index (χ3v) is 2.13. The van der Waals surface area contributed by atoms with E-state index in [0.29, 0.717) is 24.7 Å². The van der Waals surface area contributed by atoms with E-state index in [1.807, 2.05) is 0 Å². The van der Waals surface area contributed by atoms with E-state index in [0.717, 1.165) is 0 Å². The number of ether oxygens (including phenoxy) is 1. The molecule has 1 rings (SSSR count). The lowest BCUT2D eigenvalue weighted by Crippen LogP contribution is -2.09. The van der Waals surface area contributed by atoms with Gasteiger partial charge in [0.15, 0.2) is 0 Å². The van der Waals surface area contributed by atoms with Crippen LogP contribution >= 0.6 is 0 Å². The van der Waals surface area contributed by atoms with Crippen molar-refractivity contribution in [3.05, 3.63) is 18.2 Å². The smallest absolute Gasteiger partial charge is 0.389 e. The van der Waals surface area contributed by atoms with Crippen molar-refractivity contribution in [3.8, 4) is 5.88 Å². The summed E-state index contributed by atoms with van der Waals surface area (Å²) in [7, 11) is 1.51. The Balaban J connectivity index is 2.22. The van der Waals surface area contributed by atoms with E-state index in [1.54, 1.807) is 18.2 Å². The van der Waals surface area contributed by atoms with Crippen LogP contribution in [0.1, 0.15) is 19.3 Å². The number of halogens is 3. The van der Waals surface area contributed by atoms with Crippen molar-refractivity contribution >= 4 is 5.82 Å². The molecule has 0 saturated heterocycles. The van der Waals surface area contributed by atoms with Crippen LogP contribution < -0.4 is 10.1 Å². The molecule has 0 spiro atoms. The molecule has 3 nitrogen and oxygen atoms in total. The fraction of sp³-hybridized carbons (Fsp3) is 0.545. The Bertz CT molecular complexity index is 342. The lowest BCUT2D eigenvalue weighted by molar-refractivity contribution is -0.135. The molecular weight excluding hydrogens is 233 g/mol. The second kappa shape index (κ2) is 6.32. The fourth-order valence-electron chi connectivity index (χ4n) is 1.29. The van der Waals surface area contributed by atoms with Gasteiger partial charge in [0, 0.05) is 19.0 Å². The van der Waals surface area contributed by atoms with Crippen LogP contribution in [0.2, 0.25) is 0 Å². The maximum absolute atomic E-state index is 11.9. The molecule has 1 N–H and O–H groups in total. The van der Waals surface area contributed by atoms with Gasteiger partial charge < -0.3 is 10.1 Å². The fourth-order valence-corrected chi connectivity index (χ4v) is 1.29. The first-order chi connectivity index (χ1) is 8.01. The van der Waals surface area contributed by atoms with Crippen molar-refractivity contribution in [2.75, 3.05) is 19.0 Å². The summed E-state index contributed by atoms with van der Waals surface area (Å²) >= 11 is 0. The van der Waals surface area contributed by atoms with Crippen LogP contribution in [0, 0.1) is 0 Å². The van der Waals surface area contributed by atoms with Gasteiger partial charge in [-0.15, -0.1) is 0 Å². The van der Waals surface area contributed by atoms with Gasteiger partial charge in [0.2, 0.25) is 5.88 Å². The molecule has 0 bridgehead atoms. The number of pyridine rings is 1. The van der Waals surface area contributed by atoms with Gasteiger partial charge in [0.25, 0.3) is 0 Å². The number of methoxy groups -OCH3 is 1. The molecule has 0 atom stereocenters. The van der Waals surface area contributed by atoms with Gasteiger partial charge in [-0.3, -0.25) is 0 Å². The third kappa shape index (κ3) is 5.99. The van der Waals surface area contributed by atoms with Crippen LogP contribution in [0.25, 0.3) is 0 Å². The highest BCUT2D eigenvalue weighted by molar-refractivity contribution is 5.36. The predicted octanol–water partition coefficient (Wildman–Crippen LogP) is 3.23. The summed E-state index contributed by atoms with van der Waals surface area (Å²) in [6.07, 6.45) is -4.21. The molecule has 96 valence electrons. The zero-order valence-electron chi connectivity index (χ0n) is 9.55. The number of rotatable bonds is 6. The van der Waals surface area contributed by atoms with Crippen molar-refractivity contribution in [1.82, 2.24) is 4.98 Å². The summed E-state index contributed by atoms with van der Waals surface area (Å²) in [5.41, 5.74) is 0. The molecule has 0 amide bonds. The standard InChI is InChI=1S/C11H15F3N2O/c1-17-10-6-4-5-9(16-10)15-8-3-2-7-11(12,13)14/h4-6H,2-3,7-8H2,1H3,(H,15,16). The van der Waals surface area contributed by atoms with Gasteiger partial charge in [-0.1, -0.05) is 6.07 Å². The quantitative estimate of drug-likeness (QED) is 0.785. The maximum atomic E-state index is 11.9. The van der Waals surface area contributed by atoms with Crippen molar-refractivity contribution in [2.45, 2.75) is 25.4 Å². The largest absolute Gasteiger partial charge is 0.481 e. The first-order valence-electron chi connectivity index (χ1n) is 5.33. The molecule has 1 aromatic heterocycles. The normalized spacial score (nSPS) is 11.3. The number of nitrogens with one attached hydrogen (secondary N) is 1. The zero-order valence-corrected chi connectivity index (χ0v) is 9.55. The van der Waals surface area contributed by atoms with E-state index in [4.69, 9.17) is 4.74 Å². The van der Waals surface area contributed by atoms with Gasteiger partial charge in [0.1, 0.15) is 5.82 Å². The summed E-state index contributed by atoms with van der Waals surface area (Å²) in [6, 6.07) is 5.21. The Morgan fingerprint density at radius 2 is 2.06 bits per heavy atom. The Kier molecular flexibility index (Phi) is 5.06. The lowest BCUT2D eigenvalue weighted by Gasteiger charge is -2.08. The van der Waals surface area contributed by atoms with E-state index < -0.39 is 12.6 Å². The van der Waals surface area contributed by atoms with Crippen LogP contribution in [-0.4, -0.2) is 24.8 Å². The molecule has 0 aliphatic carbocycles.